The monoisotopic (exact) mass is 1100 g/mol. The molecule has 0 radical (unpaired) electrons. The maximum atomic E-state index is 14.5. The Morgan fingerprint density at radius 3 is 1.48 bits per heavy atom. The predicted molar refractivity (Wildman–Crippen MR) is 241 cm³/mol. The molecule has 3 aliphatic rings. The van der Waals surface area contributed by atoms with Crippen molar-refractivity contribution in [1.82, 2.24) is 0 Å². The lowest BCUT2D eigenvalue weighted by Gasteiger charge is -2.50. The van der Waals surface area contributed by atoms with Gasteiger partial charge in [-0.05, 0) is 42.0 Å². The highest BCUT2D eigenvalue weighted by Crippen LogP contribution is 2.42. The average Bonchev–Trinajstić information content (AvgIpc) is 3.40. The number of esters is 3. The minimum Gasteiger partial charge on any atom is -0.459 e. The van der Waals surface area contributed by atoms with Gasteiger partial charge in [-0.3, -0.25) is 8.37 Å². The van der Waals surface area contributed by atoms with Gasteiger partial charge in [0.05, 0.1) is 29.9 Å². The van der Waals surface area contributed by atoms with Crippen molar-refractivity contribution in [1.29, 1.82) is 0 Å². The van der Waals surface area contributed by atoms with Gasteiger partial charge in [-0.2, -0.15) is 43.2 Å². The number of carbonyl (C=O) groups excluding carboxylic acids is 3. The first-order valence-corrected chi connectivity index (χ1v) is 25.2. The number of hydrogen-bond donors (Lipinski definition) is 0. The lowest BCUT2D eigenvalue weighted by molar-refractivity contribution is -0.381. The summed E-state index contributed by atoms with van der Waals surface area (Å²) in [5, 5.41) is 0. The summed E-state index contributed by atoms with van der Waals surface area (Å²) in [5.41, 5.74) is -12.4. The molecule has 11 atom stereocenters. The van der Waals surface area contributed by atoms with E-state index in [4.69, 9.17) is 51.0 Å². The third kappa shape index (κ3) is 13.2. The van der Waals surface area contributed by atoms with Crippen LogP contribution >= 0.6 is 0 Å². The Labute approximate surface area is 423 Å². The van der Waals surface area contributed by atoms with Crippen molar-refractivity contribution in [3.63, 3.8) is 0 Å². The third-order valence-electron chi connectivity index (χ3n) is 11.4. The van der Waals surface area contributed by atoms with Crippen molar-refractivity contribution in [3.8, 4) is 0 Å². The number of alkyl halides is 6. The van der Waals surface area contributed by atoms with Crippen molar-refractivity contribution in [2.75, 3.05) is 13.2 Å². The fourth-order valence-electron chi connectivity index (χ4n) is 7.88. The van der Waals surface area contributed by atoms with Crippen molar-refractivity contribution >= 4 is 38.1 Å². The number of hydrogen-bond acceptors (Lipinski definition) is 18. The quantitative estimate of drug-likeness (QED) is 0.0303. The molecule has 0 spiro atoms. The Balaban J connectivity index is 1.27. The summed E-state index contributed by atoms with van der Waals surface area (Å²) in [6, 6.07) is 36.0. The van der Waals surface area contributed by atoms with Crippen LogP contribution in [0.1, 0.15) is 48.5 Å². The number of rotatable bonds is 17. The van der Waals surface area contributed by atoms with E-state index >= 15 is 0 Å². The molecule has 8 rings (SSSR count). The van der Waals surface area contributed by atoms with Crippen LogP contribution in [-0.2, 0) is 77.8 Å². The van der Waals surface area contributed by atoms with Gasteiger partial charge >= 0.3 is 49.2 Å². The van der Waals surface area contributed by atoms with Gasteiger partial charge in [0.25, 0.3) is 0 Å². The van der Waals surface area contributed by atoms with Crippen LogP contribution in [0.5, 0.6) is 0 Å². The molecule has 0 amide bonds. The number of ether oxygens (including phenoxy) is 9. The molecule has 400 valence electrons. The fraction of sp³-hybridized carbons (Fsp3) is 0.327. The highest BCUT2D eigenvalue weighted by Gasteiger charge is 2.62. The predicted octanol–water partition coefficient (Wildman–Crippen LogP) is 6.93. The molecule has 0 N–H and O–H groups in total. The Bertz CT molecular complexity index is 2940. The number of fused-ring (bicyclic) bond motifs is 1. The molecule has 0 saturated carbocycles. The summed E-state index contributed by atoms with van der Waals surface area (Å²) in [5.74, 6) is -3.78. The first-order chi connectivity index (χ1) is 35.7. The average molecular weight is 1100 g/mol. The maximum Gasteiger partial charge on any atom is 0.523 e. The van der Waals surface area contributed by atoms with Crippen LogP contribution in [-0.4, -0.2) is 120 Å². The molecule has 0 aliphatic carbocycles. The van der Waals surface area contributed by atoms with E-state index in [2.05, 4.69) is 0 Å². The Morgan fingerprint density at radius 1 is 0.520 bits per heavy atom. The minimum absolute atomic E-state index is 0.0751. The zero-order chi connectivity index (χ0) is 53.5. The molecular formula is C49H42F6O18S2. The van der Waals surface area contributed by atoms with E-state index in [1.165, 1.54) is 109 Å². The summed E-state index contributed by atoms with van der Waals surface area (Å²) in [4.78, 5) is 41.5. The number of halogens is 6. The Kier molecular flexibility index (Phi) is 17.0. The van der Waals surface area contributed by atoms with Crippen molar-refractivity contribution in [2.45, 2.75) is 85.3 Å². The summed E-state index contributed by atoms with van der Waals surface area (Å²) >= 11 is 0. The standard InChI is InChI=1S/C49H42F6O18S2/c50-48(51,52)74(59,60)72-40-38(68-43(57)31-20-10-3-11-21-31)37(34(27-63-42(56)30-18-8-2-9-19-30)66-46(40)64-26-29-16-6-1-7-17-29)71-47-41(73-75(61,62)49(53,54)55)39(69-44(58)32-22-12-4-13-23-32)36-35(67-47)28-65-45(70-36)33-24-14-5-15-25-33/h1-25,34-41,45-47H,26-28H2/t34-,35-,36-,37-,38+,39+,40-,41-,45-,46-,47+/m1/s1. The topological polar surface area (TPSA) is 221 Å². The first kappa shape index (κ1) is 54.9. The summed E-state index contributed by atoms with van der Waals surface area (Å²) < 4.78 is 202. The van der Waals surface area contributed by atoms with Gasteiger partial charge in [-0.1, -0.05) is 115 Å². The number of benzene rings is 5. The van der Waals surface area contributed by atoms with E-state index in [9.17, 15) is 57.6 Å². The van der Waals surface area contributed by atoms with Crippen LogP contribution in [0.4, 0.5) is 26.3 Å². The molecule has 26 heteroatoms. The van der Waals surface area contributed by atoms with Crippen LogP contribution in [0.3, 0.4) is 0 Å². The lowest BCUT2D eigenvalue weighted by atomic mass is 9.95. The smallest absolute Gasteiger partial charge is 0.459 e. The molecule has 75 heavy (non-hydrogen) atoms. The molecule has 18 nitrogen and oxygen atoms in total. The van der Waals surface area contributed by atoms with Crippen LogP contribution in [0.2, 0.25) is 0 Å². The molecule has 3 heterocycles. The molecule has 5 aromatic rings. The lowest BCUT2D eigenvalue weighted by Crippen LogP contribution is -2.68. The molecular weight excluding hydrogens is 1050 g/mol. The van der Waals surface area contributed by atoms with Crippen molar-refractivity contribution in [3.05, 3.63) is 179 Å². The normalized spacial score (nSPS) is 26.3. The van der Waals surface area contributed by atoms with Crippen LogP contribution < -0.4 is 0 Å². The van der Waals surface area contributed by atoms with Gasteiger partial charge in [0, 0.05) is 5.56 Å². The van der Waals surface area contributed by atoms with E-state index in [0.29, 0.717) is 11.1 Å². The highest BCUT2D eigenvalue weighted by molar-refractivity contribution is 7.87. The van der Waals surface area contributed by atoms with Gasteiger partial charge in [-0.25, -0.2) is 14.4 Å². The molecule has 0 aromatic heterocycles. The van der Waals surface area contributed by atoms with Crippen molar-refractivity contribution < 1.29 is 109 Å². The van der Waals surface area contributed by atoms with E-state index < -0.39 is 137 Å². The fourth-order valence-corrected chi connectivity index (χ4v) is 9.08. The van der Waals surface area contributed by atoms with Gasteiger partial charge in [0.15, 0.2) is 43.3 Å². The molecule has 3 saturated heterocycles. The summed E-state index contributed by atoms with van der Waals surface area (Å²) in [6.07, 6.45) is -24.9. The second-order valence-corrected chi connectivity index (χ2v) is 19.6. The highest BCUT2D eigenvalue weighted by atomic mass is 32.2. The Hall–Kier alpha value is -6.33. The largest absolute Gasteiger partial charge is 0.523 e. The SMILES string of the molecule is O=C(OC[C@H]1O[C@@H](OCc2ccccc2)[C@H](OS(=O)(=O)C(F)(F)F)[C@@H](OC(=O)c2ccccc2)[C@@H]1O[C@@H]1O[C@@H]2CO[C@@H](c3ccccc3)O[C@H]2[C@H](OC(=O)c2ccccc2)[C@H]1OS(=O)(=O)C(F)(F)F)c1ccccc1. The van der Waals surface area contributed by atoms with Crippen LogP contribution in [0.25, 0.3) is 0 Å². The van der Waals surface area contributed by atoms with Gasteiger partial charge in [0.1, 0.15) is 31.0 Å². The second-order valence-electron chi connectivity index (χ2n) is 16.5. The molecule has 3 fully saturated rings. The molecule has 0 bridgehead atoms. The minimum atomic E-state index is -6.81. The zero-order valence-electron chi connectivity index (χ0n) is 38.3. The third-order valence-corrected chi connectivity index (χ3v) is 13.5. The van der Waals surface area contributed by atoms with Crippen LogP contribution in [0.15, 0.2) is 152 Å². The molecule has 0 unspecified atom stereocenters. The van der Waals surface area contributed by atoms with Gasteiger partial charge in [-0.15, -0.1) is 0 Å². The summed E-state index contributed by atoms with van der Waals surface area (Å²) in [6.45, 7) is -2.24. The zero-order valence-corrected chi connectivity index (χ0v) is 40.0. The summed E-state index contributed by atoms with van der Waals surface area (Å²) in [7, 11) is -13.6. The van der Waals surface area contributed by atoms with E-state index in [-0.39, 0.29) is 16.7 Å². The second kappa shape index (κ2) is 23.3. The Morgan fingerprint density at radius 2 is 0.973 bits per heavy atom. The van der Waals surface area contributed by atoms with Gasteiger partial charge in [0.2, 0.25) is 0 Å². The van der Waals surface area contributed by atoms with Crippen LogP contribution in [0, 0.1) is 0 Å². The van der Waals surface area contributed by atoms with E-state index in [1.54, 1.807) is 42.5 Å². The maximum absolute atomic E-state index is 14.5. The van der Waals surface area contributed by atoms with E-state index in [1.807, 2.05) is 0 Å². The van der Waals surface area contributed by atoms with Gasteiger partial charge < -0.3 is 42.6 Å². The molecule has 3 aliphatic heterocycles. The first-order valence-electron chi connectivity index (χ1n) is 22.4. The number of carbonyl (C=O) groups is 3. The van der Waals surface area contributed by atoms with Crippen molar-refractivity contribution in [2.24, 2.45) is 0 Å². The molecule has 5 aromatic carbocycles. The van der Waals surface area contributed by atoms with E-state index in [0.717, 1.165) is 0 Å².